The second kappa shape index (κ2) is 10.2. The summed E-state index contributed by atoms with van der Waals surface area (Å²) >= 11 is 0. The van der Waals surface area contributed by atoms with Gasteiger partial charge in [0.25, 0.3) is 0 Å². The van der Waals surface area contributed by atoms with E-state index in [1.807, 2.05) is 0 Å². The van der Waals surface area contributed by atoms with E-state index in [9.17, 15) is 0 Å². The molecule has 0 N–H and O–H groups in total. The van der Waals surface area contributed by atoms with Crippen LogP contribution in [-0.4, -0.2) is 0 Å². The van der Waals surface area contributed by atoms with Crippen LogP contribution in [0.5, 0.6) is 0 Å². The Labute approximate surface area is 271 Å². The van der Waals surface area contributed by atoms with Crippen molar-refractivity contribution in [3.8, 4) is 33.4 Å². The van der Waals surface area contributed by atoms with Crippen molar-refractivity contribution in [3.63, 3.8) is 0 Å². The number of furan rings is 1. The third-order valence-electron chi connectivity index (χ3n) is 9.81. The summed E-state index contributed by atoms with van der Waals surface area (Å²) in [5.41, 5.74) is 9.17. The molecule has 0 fully saturated rings. The lowest BCUT2D eigenvalue weighted by Gasteiger charge is -2.19. The summed E-state index contributed by atoms with van der Waals surface area (Å²) in [6, 6.07) is 61.5. The van der Waals surface area contributed by atoms with E-state index in [0.29, 0.717) is 0 Å². The van der Waals surface area contributed by atoms with Gasteiger partial charge < -0.3 is 4.42 Å². The minimum atomic E-state index is 0.913. The van der Waals surface area contributed by atoms with Crippen LogP contribution in [-0.2, 0) is 0 Å². The van der Waals surface area contributed by atoms with Crippen LogP contribution < -0.4 is 0 Å². The predicted octanol–water partition coefficient (Wildman–Crippen LogP) is 13.2. The Morgan fingerprint density at radius 1 is 0.277 bits per heavy atom. The fraction of sp³-hybridized carbons (Fsp3) is 0. The second-order valence-electron chi connectivity index (χ2n) is 12.4. The monoisotopic (exact) mass is 596 g/mol. The van der Waals surface area contributed by atoms with Gasteiger partial charge in [-0.1, -0.05) is 146 Å². The van der Waals surface area contributed by atoms with Gasteiger partial charge in [0.05, 0.1) is 0 Å². The van der Waals surface area contributed by atoms with Gasteiger partial charge >= 0.3 is 0 Å². The Kier molecular flexibility index (Phi) is 5.64. The number of hydrogen-bond donors (Lipinski definition) is 0. The Morgan fingerprint density at radius 2 is 0.809 bits per heavy atom. The molecule has 0 aliphatic carbocycles. The Morgan fingerprint density at radius 3 is 1.51 bits per heavy atom. The smallest absolute Gasteiger partial charge is 0.143 e. The highest BCUT2D eigenvalue weighted by Crippen LogP contribution is 2.49. The molecule has 0 aliphatic heterocycles. The van der Waals surface area contributed by atoms with E-state index in [2.05, 4.69) is 170 Å². The van der Waals surface area contributed by atoms with Crippen LogP contribution in [0.4, 0.5) is 0 Å². The van der Waals surface area contributed by atoms with Crippen LogP contribution in [0.2, 0.25) is 0 Å². The zero-order chi connectivity index (χ0) is 30.9. The fourth-order valence-corrected chi connectivity index (χ4v) is 7.69. The van der Waals surface area contributed by atoms with Crippen molar-refractivity contribution in [1.82, 2.24) is 0 Å². The summed E-state index contributed by atoms with van der Waals surface area (Å²) in [7, 11) is 0. The molecule has 9 aromatic carbocycles. The molecule has 0 amide bonds. The van der Waals surface area contributed by atoms with E-state index < -0.39 is 0 Å². The third kappa shape index (κ3) is 3.97. The number of fused-ring (bicyclic) bond motifs is 7. The highest BCUT2D eigenvalue weighted by molar-refractivity contribution is 6.28. The van der Waals surface area contributed by atoms with E-state index in [1.165, 1.54) is 70.9 Å². The van der Waals surface area contributed by atoms with Crippen LogP contribution in [0.25, 0.3) is 98.4 Å². The second-order valence-corrected chi connectivity index (χ2v) is 12.4. The van der Waals surface area contributed by atoms with Gasteiger partial charge in [-0.2, -0.15) is 0 Å². The van der Waals surface area contributed by atoms with Crippen molar-refractivity contribution in [2.24, 2.45) is 0 Å². The number of benzene rings is 9. The quantitative estimate of drug-likeness (QED) is 0.185. The molecule has 0 spiro atoms. The molecule has 10 rings (SSSR count). The maximum absolute atomic E-state index is 6.75. The molecule has 1 heterocycles. The van der Waals surface area contributed by atoms with Gasteiger partial charge in [0.2, 0.25) is 0 Å². The number of para-hydroxylation sites is 1. The molecule has 0 saturated heterocycles. The van der Waals surface area contributed by atoms with Crippen LogP contribution in [0.3, 0.4) is 0 Å². The molecule has 1 aromatic heterocycles. The minimum Gasteiger partial charge on any atom is -0.455 e. The summed E-state index contributed by atoms with van der Waals surface area (Å²) in [6.45, 7) is 0. The van der Waals surface area contributed by atoms with Gasteiger partial charge in [-0.3, -0.25) is 0 Å². The summed E-state index contributed by atoms with van der Waals surface area (Å²) < 4.78 is 6.75. The maximum atomic E-state index is 6.75. The van der Waals surface area contributed by atoms with Crippen molar-refractivity contribution < 1.29 is 4.42 Å². The van der Waals surface area contributed by atoms with E-state index in [0.717, 1.165) is 27.5 Å². The van der Waals surface area contributed by atoms with E-state index >= 15 is 0 Å². The first-order chi connectivity index (χ1) is 23.3. The summed E-state index contributed by atoms with van der Waals surface area (Å²) in [6.07, 6.45) is 0. The molecule has 0 saturated carbocycles. The molecule has 1 heteroatoms. The number of hydrogen-bond acceptors (Lipinski definition) is 1. The van der Waals surface area contributed by atoms with Gasteiger partial charge in [0.1, 0.15) is 11.2 Å². The molecule has 0 atom stereocenters. The molecular weight excluding hydrogens is 569 g/mol. The highest BCUT2D eigenvalue weighted by atomic mass is 16.3. The third-order valence-corrected chi connectivity index (χ3v) is 9.81. The molecule has 218 valence electrons. The largest absolute Gasteiger partial charge is 0.455 e. The van der Waals surface area contributed by atoms with Crippen LogP contribution >= 0.6 is 0 Å². The maximum Gasteiger partial charge on any atom is 0.143 e. The van der Waals surface area contributed by atoms with Crippen molar-refractivity contribution >= 4 is 65.0 Å². The lowest BCUT2D eigenvalue weighted by Crippen LogP contribution is -1.92. The van der Waals surface area contributed by atoms with E-state index in [-0.39, 0.29) is 0 Å². The molecule has 47 heavy (non-hydrogen) atoms. The Bertz CT molecular complexity index is 2780. The zero-order valence-corrected chi connectivity index (χ0v) is 25.6. The lowest BCUT2D eigenvalue weighted by atomic mass is 9.84. The van der Waals surface area contributed by atoms with Gasteiger partial charge in [0, 0.05) is 21.9 Å². The molecule has 10 aromatic rings. The lowest BCUT2D eigenvalue weighted by molar-refractivity contribution is 0.670. The van der Waals surface area contributed by atoms with Gasteiger partial charge in [-0.15, -0.1) is 0 Å². The first kappa shape index (κ1) is 26.1. The van der Waals surface area contributed by atoms with Crippen molar-refractivity contribution in [2.75, 3.05) is 0 Å². The summed E-state index contributed by atoms with van der Waals surface area (Å²) in [4.78, 5) is 0. The van der Waals surface area contributed by atoms with E-state index in [1.54, 1.807) is 0 Å². The summed E-state index contributed by atoms with van der Waals surface area (Å²) in [5, 5.41) is 12.1. The topological polar surface area (TPSA) is 13.1 Å². The fourth-order valence-electron chi connectivity index (χ4n) is 7.69. The molecule has 0 unspecified atom stereocenters. The predicted molar refractivity (Wildman–Crippen MR) is 200 cm³/mol. The van der Waals surface area contributed by atoms with Gasteiger partial charge in [0.15, 0.2) is 0 Å². The average Bonchev–Trinajstić information content (AvgIpc) is 3.51. The van der Waals surface area contributed by atoms with Crippen LogP contribution in [0.15, 0.2) is 174 Å². The van der Waals surface area contributed by atoms with Gasteiger partial charge in [-0.25, -0.2) is 0 Å². The SMILES string of the molecule is c1ccc(-c2ccc3cc(-c4c5ccccc5c(-c5c6ccccc6cc6c5oc5ccccc56)c5ccccc45)ccc3c2)cc1. The average molecular weight is 597 g/mol. The number of rotatable bonds is 3. The first-order valence-electron chi connectivity index (χ1n) is 16.2. The summed E-state index contributed by atoms with van der Waals surface area (Å²) in [5.74, 6) is 0. The van der Waals surface area contributed by atoms with Crippen molar-refractivity contribution in [2.45, 2.75) is 0 Å². The van der Waals surface area contributed by atoms with Crippen molar-refractivity contribution in [3.05, 3.63) is 170 Å². The van der Waals surface area contributed by atoms with Crippen LogP contribution in [0, 0.1) is 0 Å². The standard InChI is InChI=1S/C46H28O/c1-2-12-29(13-3-1)30-22-23-32-27-34(25-24-31(32)26-30)43-37-17-6-8-19-39(37)44(40-20-9-7-18-38(40)43)45-35-15-5-4-14-33(35)28-41-36-16-10-11-21-42(36)47-46(41)45/h1-28H. The molecule has 0 aliphatic rings. The molecule has 0 bridgehead atoms. The van der Waals surface area contributed by atoms with E-state index in [4.69, 9.17) is 4.42 Å². The molecular formula is C46H28O. The normalized spacial score (nSPS) is 11.8. The minimum absolute atomic E-state index is 0.913. The highest BCUT2D eigenvalue weighted by Gasteiger charge is 2.22. The Balaban J connectivity index is 1.29. The van der Waals surface area contributed by atoms with Crippen LogP contribution in [0.1, 0.15) is 0 Å². The van der Waals surface area contributed by atoms with Crippen molar-refractivity contribution in [1.29, 1.82) is 0 Å². The molecule has 0 radical (unpaired) electrons. The Hall–Kier alpha value is -6.18. The zero-order valence-electron chi connectivity index (χ0n) is 25.6. The van der Waals surface area contributed by atoms with Gasteiger partial charge in [-0.05, 0) is 89.6 Å². The first-order valence-corrected chi connectivity index (χ1v) is 16.2. The molecule has 1 nitrogen and oxygen atoms in total.